The minimum Gasteiger partial charge on any atom is -0.351 e. The molecule has 2 atom stereocenters. The zero-order valence-electron chi connectivity index (χ0n) is 12.9. The van der Waals surface area contributed by atoms with Gasteiger partial charge in [0.05, 0.1) is 6.20 Å². The zero-order chi connectivity index (χ0) is 16.0. The van der Waals surface area contributed by atoms with Gasteiger partial charge in [-0.15, -0.1) is 0 Å². The minimum absolute atomic E-state index is 0.00719. The molecule has 1 heterocycles. The highest BCUT2D eigenvalue weighted by Crippen LogP contribution is 2.05. The number of rotatable bonds is 6. The molecule has 0 saturated heterocycles. The van der Waals surface area contributed by atoms with Gasteiger partial charge in [-0.1, -0.05) is 20.4 Å². The van der Waals surface area contributed by atoms with Crippen LogP contribution in [0.1, 0.15) is 38.2 Å². The van der Waals surface area contributed by atoms with Crippen molar-refractivity contribution in [1.82, 2.24) is 20.6 Å². The van der Waals surface area contributed by atoms with E-state index in [1.807, 2.05) is 20.8 Å². The van der Waals surface area contributed by atoms with E-state index < -0.39 is 11.9 Å². The summed E-state index contributed by atoms with van der Waals surface area (Å²) in [6.07, 6.45) is 4.25. The van der Waals surface area contributed by atoms with Crippen LogP contribution in [-0.2, 0) is 4.79 Å². The van der Waals surface area contributed by atoms with Crippen molar-refractivity contribution < 1.29 is 9.59 Å². The second-order valence-electron chi connectivity index (χ2n) is 5.38. The Morgan fingerprint density at radius 2 is 1.86 bits per heavy atom. The van der Waals surface area contributed by atoms with Gasteiger partial charge in [-0.25, -0.2) is 4.98 Å². The van der Waals surface area contributed by atoms with Gasteiger partial charge < -0.3 is 10.6 Å². The molecule has 2 unspecified atom stereocenters. The Balaban J connectivity index is 2.76. The Bertz CT molecular complexity index is 514. The average molecular weight is 290 g/mol. The molecule has 0 radical (unpaired) electrons. The van der Waals surface area contributed by atoms with Gasteiger partial charge in [-0.2, -0.15) is 0 Å². The maximum Gasteiger partial charge on any atom is 0.272 e. The second-order valence-corrected chi connectivity index (χ2v) is 5.38. The molecule has 1 rings (SSSR count). The lowest BCUT2D eigenvalue weighted by Crippen LogP contribution is -2.50. The van der Waals surface area contributed by atoms with Crippen LogP contribution in [-0.4, -0.2) is 33.9 Å². The molecule has 0 bridgehead atoms. The van der Waals surface area contributed by atoms with E-state index in [1.165, 1.54) is 18.6 Å². The smallest absolute Gasteiger partial charge is 0.272 e. The SMILES string of the molecule is C=C(C)C(NC(=O)c1cnccn1)C(=O)NC(C)C(C)C. The van der Waals surface area contributed by atoms with E-state index in [0.717, 1.165) is 0 Å². The highest BCUT2D eigenvalue weighted by Gasteiger charge is 2.24. The van der Waals surface area contributed by atoms with Crippen LogP contribution in [0.3, 0.4) is 0 Å². The molecule has 1 aromatic rings. The van der Waals surface area contributed by atoms with Gasteiger partial charge >= 0.3 is 0 Å². The van der Waals surface area contributed by atoms with Crippen LogP contribution < -0.4 is 10.6 Å². The Morgan fingerprint density at radius 1 is 1.19 bits per heavy atom. The highest BCUT2D eigenvalue weighted by atomic mass is 16.2. The van der Waals surface area contributed by atoms with Crippen molar-refractivity contribution >= 4 is 11.8 Å². The first kappa shape index (κ1) is 16.8. The number of aromatic nitrogens is 2. The van der Waals surface area contributed by atoms with Crippen molar-refractivity contribution in [3.8, 4) is 0 Å². The first-order valence-electron chi connectivity index (χ1n) is 6.85. The molecule has 1 aromatic heterocycles. The van der Waals surface area contributed by atoms with E-state index >= 15 is 0 Å². The summed E-state index contributed by atoms with van der Waals surface area (Å²) in [5.74, 6) is -0.431. The van der Waals surface area contributed by atoms with Crippen LogP contribution in [0.4, 0.5) is 0 Å². The lowest BCUT2D eigenvalue weighted by molar-refractivity contribution is -0.123. The van der Waals surface area contributed by atoms with E-state index in [9.17, 15) is 9.59 Å². The number of hydrogen-bond donors (Lipinski definition) is 2. The molecular formula is C15H22N4O2. The maximum absolute atomic E-state index is 12.2. The van der Waals surface area contributed by atoms with Crippen LogP contribution >= 0.6 is 0 Å². The summed E-state index contributed by atoms with van der Waals surface area (Å²) < 4.78 is 0. The van der Waals surface area contributed by atoms with Gasteiger partial charge in [0, 0.05) is 18.4 Å². The van der Waals surface area contributed by atoms with E-state index in [2.05, 4.69) is 27.2 Å². The molecule has 0 spiro atoms. The van der Waals surface area contributed by atoms with Crippen LogP contribution in [0.25, 0.3) is 0 Å². The zero-order valence-corrected chi connectivity index (χ0v) is 12.9. The predicted octanol–water partition coefficient (Wildman–Crippen LogP) is 1.31. The molecule has 0 aromatic carbocycles. The molecule has 0 saturated carbocycles. The molecule has 21 heavy (non-hydrogen) atoms. The quantitative estimate of drug-likeness (QED) is 0.774. The molecule has 2 N–H and O–H groups in total. The van der Waals surface area contributed by atoms with Gasteiger partial charge in [0.1, 0.15) is 11.7 Å². The lowest BCUT2D eigenvalue weighted by Gasteiger charge is -2.23. The minimum atomic E-state index is -0.791. The van der Waals surface area contributed by atoms with Gasteiger partial charge in [0.2, 0.25) is 5.91 Å². The Hall–Kier alpha value is -2.24. The summed E-state index contributed by atoms with van der Waals surface area (Å²) in [5.41, 5.74) is 0.717. The van der Waals surface area contributed by atoms with E-state index in [1.54, 1.807) is 6.92 Å². The first-order chi connectivity index (χ1) is 9.82. The summed E-state index contributed by atoms with van der Waals surface area (Å²) >= 11 is 0. The monoisotopic (exact) mass is 290 g/mol. The fourth-order valence-corrected chi connectivity index (χ4v) is 1.51. The largest absolute Gasteiger partial charge is 0.351 e. The van der Waals surface area contributed by atoms with Gasteiger partial charge in [-0.05, 0) is 25.3 Å². The van der Waals surface area contributed by atoms with Crippen molar-refractivity contribution in [2.24, 2.45) is 5.92 Å². The third kappa shape index (κ3) is 4.98. The van der Waals surface area contributed by atoms with Crippen molar-refractivity contribution in [3.63, 3.8) is 0 Å². The molecule has 0 fully saturated rings. The summed E-state index contributed by atoms with van der Waals surface area (Å²) in [4.78, 5) is 32.0. The maximum atomic E-state index is 12.2. The number of carbonyl (C=O) groups excluding carboxylic acids is 2. The Kier molecular flexibility index (Phi) is 6.02. The third-order valence-corrected chi connectivity index (χ3v) is 3.20. The van der Waals surface area contributed by atoms with Crippen LogP contribution in [0.15, 0.2) is 30.7 Å². The normalized spacial score (nSPS) is 13.4. The van der Waals surface area contributed by atoms with E-state index in [4.69, 9.17) is 0 Å². The van der Waals surface area contributed by atoms with Crippen LogP contribution in [0, 0.1) is 5.92 Å². The fraction of sp³-hybridized carbons (Fsp3) is 0.467. The lowest BCUT2D eigenvalue weighted by atomic mass is 10.0. The van der Waals surface area contributed by atoms with Gasteiger partial charge in [-0.3, -0.25) is 14.6 Å². The fourth-order valence-electron chi connectivity index (χ4n) is 1.51. The molecule has 2 amide bonds. The van der Waals surface area contributed by atoms with Crippen LogP contribution in [0.5, 0.6) is 0 Å². The molecule has 0 aliphatic heterocycles. The summed E-state index contributed by atoms with van der Waals surface area (Å²) in [6.45, 7) is 11.4. The molecule has 114 valence electrons. The number of amides is 2. The number of carbonyl (C=O) groups is 2. The van der Waals surface area contributed by atoms with Crippen molar-refractivity contribution in [1.29, 1.82) is 0 Å². The number of nitrogens with zero attached hydrogens (tertiary/aromatic N) is 2. The summed E-state index contributed by atoms with van der Waals surface area (Å²) in [5, 5.41) is 5.49. The standard InChI is InChI=1S/C15H22N4O2/c1-9(2)11(5)18-15(21)13(10(3)4)19-14(20)12-8-16-6-7-17-12/h6-9,11,13H,3H2,1-2,4-5H3,(H,18,21)(H,19,20). The number of hydrogen-bond acceptors (Lipinski definition) is 4. The molecule has 0 aliphatic carbocycles. The topological polar surface area (TPSA) is 84.0 Å². The summed E-state index contributed by atoms with van der Waals surface area (Å²) in [6, 6.07) is -0.784. The highest BCUT2D eigenvalue weighted by molar-refractivity contribution is 5.97. The van der Waals surface area contributed by atoms with E-state index in [-0.39, 0.29) is 17.6 Å². The van der Waals surface area contributed by atoms with E-state index in [0.29, 0.717) is 11.5 Å². The third-order valence-electron chi connectivity index (χ3n) is 3.20. The molecule has 6 nitrogen and oxygen atoms in total. The van der Waals surface area contributed by atoms with Gasteiger partial charge in [0.25, 0.3) is 5.91 Å². The Morgan fingerprint density at radius 3 is 2.33 bits per heavy atom. The predicted molar refractivity (Wildman–Crippen MR) is 80.5 cm³/mol. The molecule has 6 heteroatoms. The van der Waals surface area contributed by atoms with Crippen molar-refractivity contribution in [3.05, 3.63) is 36.4 Å². The van der Waals surface area contributed by atoms with Crippen molar-refractivity contribution in [2.75, 3.05) is 0 Å². The Labute approximate surface area is 125 Å². The second kappa shape index (κ2) is 7.52. The van der Waals surface area contributed by atoms with Crippen LogP contribution in [0.2, 0.25) is 0 Å². The summed E-state index contributed by atoms with van der Waals surface area (Å²) in [7, 11) is 0. The number of nitrogens with one attached hydrogen (secondary N) is 2. The average Bonchev–Trinajstić information content (AvgIpc) is 2.44. The van der Waals surface area contributed by atoms with Crippen molar-refractivity contribution in [2.45, 2.75) is 39.8 Å². The molecule has 0 aliphatic rings. The first-order valence-corrected chi connectivity index (χ1v) is 6.85. The molecular weight excluding hydrogens is 268 g/mol. The van der Waals surface area contributed by atoms with Gasteiger partial charge in [0.15, 0.2) is 0 Å².